The highest BCUT2D eigenvalue weighted by atomic mass is 19.1. The lowest BCUT2D eigenvalue weighted by molar-refractivity contribution is 0.0747. The lowest BCUT2D eigenvalue weighted by atomic mass is 10.2. The zero-order valence-corrected chi connectivity index (χ0v) is 12.9. The van der Waals surface area contributed by atoms with Crippen LogP contribution in [0.15, 0.2) is 18.3 Å². The number of nitrogens with zero attached hydrogens (tertiary/aromatic N) is 3. The van der Waals surface area contributed by atoms with E-state index in [2.05, 4.69) is 4.98 Å². The number of fused-ring (bicyclic) bond motifs is 1. The minimum atomic E-state index is -0.367. The molecular formula is C16H22FN3O. The van der Waals surface area contributed by atoms with Gasteiger partial charge in [-0.3, -0.25) is 9.20 Å². The van der Waals surface area contributed by atoms with Crippen molar-refractivity contribution in [3.63, 3.8) is 0 Å². The first-order chi connectivity index (χ1) is 10.1. The van der Waals surface area contributed by atoms with E-state index in [0.29, 0.717) is 30.9 Å². The van der Waals surface area contributed by atoms with Gasteiger partial charge >= 0.3 is 0 Å². The van der Waals surface area contributed by atoms with E-state index in [1.54, 1.807) is 10.5 Å². The van der Waals surface area contributed by atoms with Crippen LogP contribution >= 0.6 is 0 Å². The fraction of sp³-hybridized carbons (Fsp3) is 0.500. The molecule has 0 aromatic carbocycles. The van der Waals surface area contributed by atoms with Crippen LogP contribution in [0.1, 0.15) is 49.8 Å². The van der Waals surface area contributed by atoms with Crippen LogP contribution in [-0.4, -0.2) is 33.3 Å². The summed E-state index contributed by atoms with van der Waals surface area (Å²) in [5, 5.41) is 0. The van der Waals surface area contributed by atoms with Crippen LogP contribution in [0.5, 0.6) is 0 Å². The van der Waals surface area contributed by atoms with Gasteiger partial charge in [-0.2, -0.15) is 0 Å². The van der Waals surface area contributed by atoms with E-state index in [-0.39, 0.29) is 11.7 Å². The molecule has 2 aromatic heterocycles. The van der Waals surface area contributed by atoms with Crippen LogP contribution in [0, 0.1) is 5.82 Å². The quantitative estimate of drug-likeness (QED) is 0.819. The van der Waals surface area contributed by atoms with Gasteiger partial charge in [-0.1, -0.05) is 20.8 Å². The Hall–Kier alpha value is -1.91. The molecule has 0 saturated heterocycles. The highest BCUT2D eigenvalue weighted by Crippen LogP contribution is 2.17. The normalized spacial score (nSPS) is 11.0. The van der Waals surface area contributed by atoms with Gasteiger partial charge in [-0.15, -0.1) is 0 Å². The summed E-state index contributed by atoms with van der Waals surface area (Å²) < 4.78 is 15.1. The minimum Gasteiger partial charge on any atom is -0.337 e. The summed E-state index contributed by atoms with van der Waals surface area (Å²) in [7, 11) is 0. The predicted octanol–water partition coefficient (Wildman–Crippen LogP) is 3.30. The summed E-state index contributed by atoms with van der Waals surface area (Å²) in [6.45, 7) is 7.46. The number of hydrogen-bond donors (Lipinski definition) is 0. The molecule has 0 spiro atoms. The molecule has 2 rings (SSSR count). The zero-order valence-electron chi connectivity index (χ0n) is 12.9. The average molecular weight is 291 g/mol. The van der Waals surface area contributed by atoms with E-state index in [1.807, 2.05) is 25.7 Å². The fourth-order valence-electron chi connectivity index (χ4n) is 2.54. The summed E-state index contributed by atoms with van der Waals surface area (Å²) >= 11 is 0. The number of halogens is 1. The maximum atomic E-state index is 13.5. The van der Waals surface area contributed by atoms with Gasteiger partial charge in [-0.05, 0) is 31.4 Å². The Bertz CT molecular complexity index is 630. The summed E-state index contributed by atoms with van der Waals surface area (Å²) in [4.78, 5) is 19.1. The van der Waals surface area contributed by atoms with E-state index in [0.717, 1.165) is 18.5 Å². The molecule has 1 amide bonds. The molecule has 0 unspecified atom stereocenters. The molecule has 0 N–H and O–H groups in total. The second-order valence-electron chi connectivity index (χ2n) is 5.13. The van der Waals surface area contributed by atoms with Gasteiger partial charge in [-0.25, -0.2) is 9.37 Å². The van der Waals surface area contributed by atoms with Crippen molar-refractivity contribution in [2.45, 2.75) is 40.0 Å². The van der Waals surface area contributed by atoms with E-state index >= 15 is 0 Å². The number of carbonyl (C=O) groups is 1. The third-order valence-electron chi connectivity index (χ3n) is 3.47. The van der Waals surface area contributed by atoms with E-state index < -0.39 is 0 Å². The first-order valence-corrected chi connectivity index (χ1v) is 7.58. The van der Waals surface area contributed by atoms with Crippen molar-refractivity contribution in [1.29, 1.82) is 0 Å². The molecule has 0 aliphatic rings. The van der Waals surface area contributed by atoms with Crippen molar-refractivity contribution in [3.8, 4) is 0 Å². The number of amides is 1. The molecular weight excluding hydrogens is 269 g/mol. The second-order valence-corrected chi connectivity index (χ2v) is 5.13. The fourth-order valence-corrected chi connectivity index (χ4v) is 2.54. The van der Waals surface area contributed by atoms with Crippen LogP contribution < -0.4 is 0 Å². The van der Waals surface area contributed by atoms with Gasteiger partial charge in [0.25, 0.3) is 5.91 Å². The Balaban J connectivity index is 2.51. The molecule has 0 bridgehead atoms. The van der Waals surface area contributed by atoms with Crippen LogP contribution in [0.2, 0.25) is 0 Å². The Morgan fingerprint density at radius 1 is 1.24 bits per heavy atom. The second kappa shape index (κ2) is 6.70. The van der Waals surface area contributed by atoms with Gasteiger partial charge in [0.05, 0.1) is 5.69 Å². The van der Waals surface area contributed by atoms with Crippen molar-refractivity contribution >= 4 is 11.6 Å². The molecule has 2 aromatic rings. The lowest BCUT2D eigenvalue weighted by Crippen LogP contribution is -2.34. The zero-order chi connectivity index (χ0) is 15.4. The first-order valence-electron chi connectivity index (χ1n) is 7.58. The van der Waals surface area contributed by atoms with E-state index in [4.69, 9.17) is 0 Å². The molecule has 21 heavy (non-hydrogen) atoms. The average Bonchev–Trinajstić information content (AvgIpc) is 2.84. The maximum Gasteiger partial charge on any atom is 0.272 e. The Kier molecular flexibility index (Phi) is 4.94. The molecule has 0 saturated carbocycles. The van der Waals surface area contributed by atoms with E-state index in [1.165, 1.54) is 12.3 Å². The van der Waals surface area contributed by atoms with Gasteiger partial charge < -0.3 is 4.90 Å². The van der Waals surface area contributed by atoms with Gasteiger partial charge in [0.15, 0.2) is 0 Å². The SMILES string of the molecule is CCCN(CCC)C(=O)c1c(CC)nc2ccc(F)cn12. The minimum absolute atomic E-state index is 0.0614. The number of aromatic nitrogens is 2. The molecule has 5 heteroatoms. The van der Waals surface area contributed by atoms with Gasteiger partial charge in [0.1, 0.15) is 17.2 Å². The third kappa shape index (κ3) is 3.06. The number of imidazole rings is 1. The molecule has 0 fully saturated rings. The van der Waals surface area contributed by atoms with E-state index in [9.17, 15) is 9.18 Å². The molecule has 0 aliphatic carbocycles. The van der Waals surface area contributed by atoms with Crippen molar-refractivity contribution < 1.29 is 9.18 Å². The molecule has 4 nitrogen and oxygen atoms in total. The van der Waals surface area contributed by atoms with Crippen LogP contribution in [0.25, 0.3) is 5.65 Å². The monoisotopic (exact) mass is 291 g/mol. The molecule has 0 aliphatic heterocycles. The van der Waals surface area contributed by atoms with Crippen molar-refractivity contribution in [1.82, 2.24) is 14.3 Å². The third-order valence-corrected chi connectivity index (χ3v) is 3.47. The van der Waals surface area contributed by atoms with Crippen LogP contribution in [-0.2, 0) is 6.42 Å². The summed E-state index contributed by atoms with van der Waals surface area (Å²) in [5.41, 5.74) is 1.83. The largest absolute Gasteiger partial charge is 0.337 e. The van der Waals surface area contributed by atoms with Crippen molar-refractivity contribution in [2.75, 3.05) is 13.1 Å². The summed E-state index contributed by atoms with van der Waals surface area (Å²) in [6, 6.07) is 2.97. The summed E-state index contributed by atoms with van der Waals surface area (Å²) in [6.07, 6.45) is 3.79. The van der Waals surface area contributed by atoms with Crippen molar-refractivity contribution in [3.05, 3.63) is 35.5 Å². The van der Waals surface area contributed by atoms with Gasteiger partial charge in [0, 0.05) is 19.3 Å². The standard InChI is InChI=1S/C16H22FN3O/c1-4-9-19(10-5-2)16(21)15-13(6-3)18-14-8-7-12(17)11-20(14)15/h7-8,11H,4-6,9-10H2,1-3H3. The van der Waals surface area contributed by atoms with Gasteiger partial charge in [0.2, 0.25) is 0 Å². The number of rotatable bonds is 6. The predicted molar refractivity (Wildman–Crippen MR) is 81.0 cm³/mol. The molecule has 0 radical (unpaired) electrons. The Morgan fingerprint density at radius 3 is 2.48 bits per heavy atom. The lowest BCUT2D eigenvalue weighted by Gasteiger charge is -2.21. The summed E-state index contributed by atoms with van der Waals surface area (Å²) in [5.74, 6) is -0.428. The highest BCUT2D eigenvalue weighted by Gasteiger charge is 2.23. The molecule has 114 valence electrons. The maximum absolute atomic E-state index is 13.5. The topological polar surface area (TPSA) is 37.6 Å². The smallest absolute Gasteiger partial charge is 0.272 e. The molecule has 0 atom stereocenters. The molecule has 2 heterocycles. The number of hydrogen-bond acceptors (Lipinski definition) is 2. The van der Waals surface area contributed by atoms with Crippen LogP contribution in [0.4, 0.5) is 4.39 Å². The number of aryl methyl sites for hydroxylation is 1. The van der Waals surface area contributed by atoms with Crippen LogP contribution in [0.3, 0.4) is 0 Å². The Labute approximate surface area is 124 Å². The Morgan fingerprint density at radius 2 is 1.90 bits per heavy atom. The number of pyridine rings is 1. The first kappa shape index (κ1) is 15.5. The van der Waals surface area contributed by atoms with Crippen molar-refractivity contribution in [2.24, 2.45) is 0 Å². The number of carbonyl (C=O) groups excluding carboxylic acids is 1. The highest BCUT2D eigenvalue weighted by molar-refractivity contribution is 5.94.